The molecular formula is C25H22N4O4. The monoisotopic (exact) mass is 442 g/mol. The van der Waals surface area contributed by atoms with Gasteiger partial charge in [-0.2, -0.15) is 4.98 Å². The van der Waals surface area contributed by atoms with Crippen LogP contribution in [0.2, 0.25) is 0 Å². The van der Waals surface area contributed by atoms with Gasteiger partial charge in [0, 0.05) is 13.1 Å². The molecule has 33 heavy (non-hydrogen) atoms. The molecule has 166 valence electrons. The highest BCUT2D eigenvalue weighted by atomic mass is 16.5. The number of nitrogens with two attached hydrogens (primary N) is 1. The Morgan fingerprint density at radius 1 is 0.909 bits per heavy atom. The second-order valence-corrected chi connectivity index (χ2v) is 7.86. The van der Waals surface area contributed by atoms with Gasteiger partial charge < -0.3 is 25.0 Å². The molecule has 1 unspecified atom stereocenters. The molecule has 0 aliphatic carbocycles. The number of hydrogen-bond donors (Lipinski definition) is 1. The third kappa shape index (κ3) is 3.87. The largest absolute Gasteiger partial charge is 0.457 e. The molecule has 0 saturated carbocycles. The number of hydrogen-bond acceptors (Lipinski definition) is 6. The molecule has 8 nitrogen and oxygen atoms in total. The van der Waals surface area contributed by atoms with Gasteiger partial charge in [0.05, 0.1) is 12.1 Å². The van der Waals surface area contributed by atoms with Crippen molar-refractivity contribution in [2.45, 2.75) is 12.1 Å². The number of pyridine rings is 1. The number of benzene rings is 2. The van der Waals surface area contributed by atoms with Crippen LogP contribution >= 0.6 is 0 Å². The van der Waals surface area contributed by atoms with E-state index in [1.807, 2.05) is 30.3 Å². The van der Waals surface area contributed by atoms with Crippen LogP contribution in [0.1, 0.15) is 10.4 Å². The number of fused-ring (bicyclic) bond motifs is 1. The summed E-state index contributed by atoms with van der Waals surface area (Å²) in [7, 11) is 0. The average molecular weight is 442 g/mol. The Morgan fingerprint density at radius 2 is 1.58 bits per heavy atom. The standard InChI is InChI=1S/C25H22N4O4/c1-2-23(30)29-15-20-21(29)14-28(20)22-13-12-19(24(26)31)25(27-22)33-18-10-8-17(9-11-18)32-16-6-4-3-5-7-16/h2-13,20-21H,1,14-15H2,(H2,26,31)/t20?,21-/m0/s1. The Morgan fingerprint density at radius 3 is 2.18 bits per heavy atom. The molecule has 5 rings (SSSR count). The molecule has 3 heterocycles. The van der Waals surface area contributed by atoms with Crippen molar-refractivity contribution < 1.29 is 19.1 Å². The third-order valence-electron chi connectivity index (χ3n) is 5.89. The molecule has 2 amide bonds. The maximum atomic E-state index is 11.9. The minimum absolute atomic E-state index is 0.0587. The Balaban J connectivity index is 1.31. The van der Waals surface area contributed by atoms with Gasteiger partial charge in [-0.25, -0.2) is 0 Å². The summed E-state index contributed by atoms with van der Waals surface area (Å²) in [6.45, 7) is 4.83. The van der Waals surface area contributed by atoms with E-state index in [9.17, 15) is 9.59 Å². The van der Waals surface area contributed by atoms with E-state index in [4.69, 9.17) is 15.2 Å². The lowest BCUT2D eigenvalue weighted by atomic mass is 9.85. The minimum Gasteiger partial charge on any atom is -0.457 e. The molecule has 3 aromatic rings. The third-order valence-corrected chi connectivity index (χ3v) is 5.89. The molecule has 2 aromatic carbocycles. The van der Waals surface area contributed by atoms with Gasteiger partial charge in [0.2, 0.25) is 11.8 Å². The Labute approximate surface area is 190 Å². The summed E-state index contributed by atoms with van der Waals surface area (Å²) in [5.74, 6) is 2.01. The highest BCUT2D eigenvalue weighted by Gasteiger charge is 2.53. The van der Waals surface area contributed by atoms with Crippen LogP contribution in [-0.4, -0.2) is 46.9 Å². The normalized spacial score (nSPS) is 18.4. The number of rotatable bonds is 7. The molecule has 2 aliphatic heterocycles. The molecule has 2 aliphatic rings. The van der Waals surface area contributed by atoms with Crippen LogP contribution in [0.15, 0.2) is 79.4 Å². The second kappa shape index (κ2) is 8.31. The molecule has 0 spiro atoms. The zero-order valence-corrected chi connectivity index (χ0v) is 17.8. The number of piperazine rings is 1. The van der Waals surface area contributed by atoms with Gasteiger partial charge in [0.1, 0.15) is 28.6 Å². The summed E-state index contributed by atoms with van der Waals surface area (Å²) in [5.41, 5.74) is 5.72. The summed E-state index contributed by atoms with van der Waals surface area (Å²) in [6, 6.07) is 20.2. The van der Waals surface area contributed by atoms with Crippen molar-refractivity contribution in [2.24, 2.45) is 5.73 Å². The van der Waals surface area contributed by atoms with Gasteiger partial charge in [-0.1, -0.05) is 24.8 Å². The number of carbonyl (C=O) groups is 2. The van der Waals surface area contributed by atoms with E-state index in [0.717, 1.165) is 5.75 Å². The van der Waals surface area contributed by atoms with Crippen LogP contribution in [0, 0.1) is 0 Å². The van der Waals surface area contributed by atoms with Gasteiger partial charge in [-0.05, 0) is 54.6 Å². The topological polar surface area (TPSA) is 98.0 Å². The van der Waals surface area contributed by atoms with E-state index < -0.39 is 5.91 Å². The number of para-hydroxylation sites is 1. The van der Waals surface area contributed by atoms with Gasteiger partial charge in [0.25, 0.3) is 5.91 Å². The lowest BCUT2D eigenvalue weighted by Crippen LogP contribution is -2.80. The van der Waals surface area contributed by atoms with Crippen molar-refractivity contribution >= 4 is 17.6 Å². The van der Waals surface area contributed by atoms with Gasteiger partial charge >= 0.3 is 0 Å². The molecule has 8 heteroatoms. The van der Waals surface area contributed by atoms with E-state index >= 15 is 0 Å². The van der Waals surface area contributed by atoms with E-state index in [-0.39, 0.29) is 29.4 Å². The van der Waals surface area contributed by atoms with Gasteiger partial charge in [-0.3, -0.25) is 9.59 Å². The van der Waals surface area contributed by atoms with Crippen molar-refractivity contribution in [1.29, 1.82) is 0 Å². The first-order chi connectivity index (χ1) is 16.0. The first-order valence-electron chi connectivity index (χ1n) is 10.5. The number of likely N-dealkylation sites (tertiary alicyclic amines) is 1. The van der Waals surface area contributed by atoms with Crippen LogP contribution in [0.4, 0.5) is 5.82 Å². The van der Waals surface area contributed by atoms with Crippen molar-refractivity contribution in [3.63, 3.8) is 0 Å². The molecule has 1 aromatic heterocycles. The highest BCUT2D eigenvalue weighted by Crippen LogP contribution is 2.38. The maximum absolute atomic E-state index is 11.9. The number of aromatic nitrogens is 1. The highest BCUT2D eigenvalue weighted by molar-refractivity contribution is 5.95. The number of ether oxygens (including phenoxy) is 2. The van der Waals surface area contributed by atoms with Crippen LogP contribution in [0.5, 0.6) is 23.1 Å². The minimum atomic E-state index is -0.624. The quantitative estimate of drug-likeness (QED) is 0.564. The fraction of sp³-hybridized carbons (Fsp3) is 0.160. The first kappa shape index (κ1) is 20.6. The Hall–Kier alpha value is -4.33. The molecule has 2 atom stereocenters. The van der Waals surface area contributed by atoms with E-state index in [1.165, 1.54) is 6.08 Å². The van der Waals surface area contributed by atoms with Crippen molar-refractivity contribution in [1.82, 2.24) is 9.88 Å². The second-order valence-electron chi connectivity index (χ2n) is 7.86. The number of anilines is 1. The molecule has 2 fully saturated rings. The zero-order valence-electron chi connectivity index (χ0n) is 17.8. The number of nitrogens with zero attached hydrogens (tertiary/aromatic N) is 3. The maximum Gasteiger partial charge on any atom is 0.254 e. The smallest absolute Gasteiger partial charge is 0.254 e. The molecule has 2 saturated heterocycles. The number of amides is 2. The number of carbonyl (C=O) groups excluding carboxylic acids is 2. The van der Waals surface area contributed by atoms with Crippen molar-refractivity contribution in [3.05, 3.63) is 84.9 Å². The fourth-order valence-corrected chi connectivity index (χ4v) is 4.06. The summed E-state index contributed by atoms with van der Waals surface area (Å²) < 4.78 is 11.7. The van der Waals surface area contributed by atoms with E-state index in [0.29, 0.717) is 30.4 Å². The van der Waals surface area contributed by atoms with Crippen LogP contribution in [-0.2, 0) is 4.79 Å². The summed E-state index contributed by atoms with van der Waals surface area (Å²) in [6.07, 6.45) is 1.33. The van der Waals surface area contributed by atoms with Crippen LogP contribution in [0.25, 0.3) is 0 Å². The van der Waals surface area contributed by atoms with Gasteiger partial charge in [-0.15, -0.1) is 0 Å². The average Bonchev–Trinajstić information content (AvgIpc) is 2.81. The lowest BCUT2D eigenvalue weighted by molar-refractivity contribution is -0.138. The van der Waals surface area contributed by atoms with Crippen LogP contribution in [0.3, 0.4) is 0 Å². The molecule has 0 bridgehead atoms. The summed E-state index contributed by atoms with van der Waals surface area (Å²) in [5, 5.41) is 0. The number of primary amides is 1. The van der Waals surface area contributed by atoms with Crippen molar-refractivity contribution in [2.75, 3.05) is 18.0 Å². The summed E-state index contributed by atoms with van der Waals surface area (Å²) >= 11 is 0. The molecule has 0 radical (unpaired) electrons. The first-order valence-corrected chi connectivity index (χ1v) is 10.5. The zero-order chi connectivity index (χ0) is 22.9. The van der Waals surface area contributed by atoms with Crippen molar-refractivity contribution in [3.8, 4) is 23.1 Å². The predicted molar refractivity (Wildman–Crippen MR) is 123 cm³/mol. The van der Waals surface area contributed by atoms with E-state index in [2.05, 4.69) is 16.5 Å². The molecule has 2 N–H and O–H groups in total. The van der Waals surface area contributed by atoms with Crippen LogP contribution < -0.4 is 20.1 Å². The fourth-order valence-electron chi connectivity index (χ4n) is 4.06. The lowest BCUT2D eigenvalue weighted by Gasteiger charge is -2.62. The summed E-state index contributed by atoms with van der Waals surface area (Å²) in [4.78, 5) is 32.2. The SMILES string of the molecule is C=CC(=O)N1CC2[C@@H]1CN2c1ccc(C(N)=O)c(Oc2ccc(Oc3ccccc3)cc2)n1. The molecular weight excluding hydrogens is 420 g/mol. The Kier molecular flexibility index (Phi) is 5.18. The van der Waals surface area contributed by atoms with Gasteiger partial charge in [0.15, 0.2) is 0 Å². The Bertz CT molecular complexity index is 1210. The van der Waals surface area contributed by atoms with E-state index in [1.54, 1.807) is 41.3 Å². The predicted octanol–water partition coefficient (Wildman–Crippen LogP) is 3.35.